The predicted molar refractivity (Wildman–Crippen MR) is 208 cm³/mol. The van der Waals surface area contributed by atoms with E-state index >= 15 is 0 Å². The summed E-state index contributed by atoms with van der Waals surface area (Å²) in [5.74, 6) is 1.36. The molecule has 6 aromatic rings. The number of nitrogens with one attached hydrogen (secondary N) is 2. The molecule has 274 valence electrons. The molecule has 53 heavy (non-hydrogen) atoms. The Morgan fingerprint density at radius 1 is 0.736 bits per heavy atom. The quantitative estimate of drug-likeness (QED) is 0.186. The van der Waals surface area contributed by atoms with Crippen LogP contribution in [0.5, 0.6) is 11.5 Å². The second kappa shape index (κ2) is 15.9. The lowest BCUT2D eigenvalue weighted by Crippen LogP contribution is -2.49. The van der Waals surface area contributed by atoms with Crippen molar-refractivity contribution >= 4 is 33.3 Å². The number of methoxy groups -OCH3 is 1. The van der Waals surface area contributed by atoms with Crippen molar-refractivity contribution in [2.75, 3.05) is 69.3 Å². The molecule has 11 heteroatoms. The van der Waals surface area contributed by atoms with E-state index in [0.29, 0.717) is 51.7 Å². The summed E-state index contributed by atoms with van der Waals surface area (Å²) in [6.07, 6.45) is 0. The minimum absolute atomic E-state index is 0.0212. The first kappa shape index (κ1) is 35.7. The van der Waals surface area contributed by atoms with Crippen molar-refractivity contribution in [2.24, 2.45) is 0 Å². The number of ether oxygens (including phenoxy) is 2. The summed E-state index contributed by atoms with van der Waals surface area (Å²) in [6, 6.07) is 27.0. The Bertz CT molecular complexity index is 2330. The summed E-state index contributed by atoms with van der Waals surface area (Å²) < 4.78 is 36.3. The normalized spacial score (nSPS) is 16.0. The SMILES string of the molecule is CCOc1ccc(-c2cc(=O)c3cc(N4CCNCC4)ccc3o2)cc1.COc1ccc(-c2cc(=O)c3cc(N4CCN[C@H](C)C4)ccc3o2)cc1F. The van der Waals surface area contributed by atoms with Crippen LogP contribution in [0.4, 0.5) is 15.8 Å². The lowest BCUT2D eigenvalue weighted by Gasteiger charge is -2.33. The van der Waals surface area contributed by atoms with Gasteiger partial charge in [0.15, 0.2) is 22.4 Å². The van der Waals surface area contributed by atoms with Crippen LogP contribution in [0.1, 0.15) is 13.8 Å². The highest BCUT2D eigenvalue weighted by molar-refractivity contribution is 5.83. The van der Waals surface area contributed by atoms with E-state index in [2.05, 4.69) is 27.4 Å². The van der Waals surface area contributed by atoms with Crippen LogP contribution < -0.4 is 40.8 Å². The van der Waals surface area contributed by atoms with Crippen molar-refractivity contribution in [1.29, 1.82) is 0 Å². The minimum atomic E-state index is -0.499. The van der Waals surface area contributed by atoms with Gasteiger partial charge in [-0.05, 0) is 92.7 Å². The molecule has 0 spiro atoms. The molecule has 10 nitrogen and oxygen atoms in total. The summed E-state index contributed by atoms with van der Waals surface area (Å²) >= 11 is 0. The van der Waals surface area contributed by atoms with Crippen LogP contribution >= 0.6 is 0 Å². The number of fused-ring (bicyclic) bond motifs is 2. The van der Waals surface area contributed by atoms with Gasteiger partial charge in [0.2, 0.25) is 0 Å². The fourth-order valence-electron chi connectivity index (χ4n) is 6.76. The lowest BCUT2D eigenvalue weighted by molar-refractivity contribution is 0.340. The van der Waals surface area contributed by atoms with E-state index in [4.69, 9.17) is 18.3 Å². The largest absolute Gasteiger partial charge is 0.494 e. The minimum Gasteiger partial charge on any atom is -0.494 e. The highest BCUT2D eigenvalue weighted by atomic mass is 19.1. The Morgan fingerprint density at radius 3 is 1.91 bits per heavy atom. The number of rotatable bonds is 7. The number of hydrogen-bond acceptors (Lipinski definition) is 10. The zero-order chi connectivity index (χ0) is 36.9. The van der Waals surface area contributed by atoms with Gasteiger partial charge >= 0.3 is 0 Å². The summed E-state index contributed by atoms with van der Waals surface area (Å²) in [7, 11) is 1.41. The molecule has 2 N–H and O–H groups in total. The monoisotopic (exact) mass is 718 g/mol. The van der Waals surface area contributed by atoms with Crippen molar-refractivity contribution in [3.8, 4) is 34.1 Å². The zero-order valence-corrected chi connectivity index (χ0v) is 30.1. The Kier molecular flexibility index (Phi) is 10.7. The third-order valence-corrected chi connectivity index (χ3v) is 9.52. The Labute approximate surface area is 306 Å². The van der Waals surface area contributed by atoms with Gasteiger partial charge in [0.1, 0.15) is 28.4 Å². The van der Waals surface area contributed by atoms with E-state index in [1.54, 1.807) is 12.1 Å². The van der Waals surface area contributed by atoms with E-state index in [1.807, 2.05) is 67.6 Å². The summed E-state index contributed by atoms with van der Waals surface area (Å²) in [5.41, 5.74) is 4.36. The van der Waals surface area contributed by atoms with E-state index in [9.17, 15) is 14.0 Å². The molecule has 0 saturated carbocycles. The van der Waals surface area contributed by atoms with Crippen molar-refractivity contribution in [2.45, 2.75) is 19.9 Å². The third kappa shape index (κ3) is 8.06. The number of benzene rings is 4. The third-order valence-electron chi connectivity index (χ3n) is 9.52. The van der Waals surface area contributed by atoms with Gasteiger partial charge in [-0.1, -0.05) is 0 Å². The average Bonchev–Trinajstić information content (AvgIpc) is 3.18. The Balaban J connectivity index is 0.000000164. The molecule has 4 aromatic carbocycles. The highest BCUT2D eigenvalue weighted by Gasteiger charge is 2.18. The predicted octanol–water partition coefficient (Wildman–Crippen LogP) is 6.67. The smallest absolute Gasteiger partial charge is 0.193 e. The lowest BCUT2D eigenvalue weighted by atomic mass is 10.1. The van der Waals surface area contributed by atoms with E-state index < -0.39 is 5.82 Å². The average molecular weight is 719 g/mol. The van der Waals surface area contributed by atoms with Crippen LogP contribution in [-0.2, 0) is 0 Å². The van der Waals surface area contributed by atoms with Crippen LogP contribution in [0, 0.1) is 5.82 Å². The fraction of sp³-hybridized carbons (Fsp3) is 0.286. The molecule has 0 bridgehead atoms. The van der Waals surface area contributed by atoms with Crippen LogP contribution in [0.25, 0.3) is 44.6 Å². The van der Waals surface area contributed by atoms with E-state index in [0.717, 1.165) is 68.5 Å². The van der Waals surface area contributed by atoms with Crippen molar-refractivity contribution < 1.29 is 22.7 Å². The Morgan fingerprint density at radius 2 is 1.32 bits per heavy atom. The maximum Gasteiger partial charge on any atom is 0.193 e. The van der Waals surface area contributed by atoms with Gasteiger partial charge in [-0.2, -0.15) is 0 Å². The number of hydrogen-bond donors (Lipinski definition) is 2. The molecule has 0 unspecified atom stereocenters. The molecule has 2 aromatic heterocycles. The van der Waals surface area contributed by atoms with Crippen molar-refractivity contribution in [3.63, 3.8) is 0 Å². The van der Waals surface area contributed by atoms with Crippen LogP contribution in [-0.4, -0.2) is 65.6 Å². The van der Waals surface area contributed by atoms with Gasteiger partial charge in [0.05, 0.1) is 24.5 Å². The van der Waals surface area contributed by atoms with Crippen molar-refractivity contribution in [3.05, 3.63) is 117 Å². The standard InChI is InChI=1S/C21H21FN2O3.C21H22N2O3/c1-13-12-24(8-7-23-13)15-4-6-19-16(10-15)18(25)11-21(27-19)14-3-5-20(26-2)17(22)9-14;1-2-25-17-6-3-15(4-7-17)21-14-19(24)18-13-16(5-8-20(18)26-21)23-11-9-22-10-12-23/h3-6,9-11,13,23H,7-8,12H2,1-2H3;3-8,13-14,22H,2,9-12H2,1H3/t13-;/m1./s1. The summed E-state index contributed by atoms with van der Waals surface area (Å²) in [5, 5.41) is 7.89. The fourth-order valence-corrected chi connectivity index (χ4v) is 6.76. The molecule has 0 amide bonds. The van der Waals surface area contributed by atoms with Gasteiger partial charge in [0, 0.05) is 86.5 Å². The van der Waals surface area contributed by atoms with Crippen LogP contribution in [0.2, 0.25) is 0 Å². The number of nitrogens with zero attached hydrogens (tertiary/aromatic N) is 2. The van der Waals surface area contributed by atoms with E-state index in [1.165, 1.54) is 25.3 Å². The first-order valence-corrected chi connectivity index (χ1v) is 18.0. The molecule has 1 atom stereocenters. The number of piperazine rings is 2. The Hall–Kier alpha value is -5.65. The molecule has 2 saturated heterocycles. The number of halogens is 1. The maximum atomic E-state index is 14.0. The second-order valence-electron chi connectivity index (χ2n) is 13.2. The topological polar surface area (TPSA) is 109 Å². The van der Waals surface area contributed by atoms with Crippen LogP contribution in [0.3, 0.4) is 0 Å². The second-order valence-corrected chi connectivity index (χ2v) is 13.2. The first-order chi connectivity index (χ1) is 25.8. The van der Waals surface area contributed by atoms with Gasteiger partial charge in [-0.15, -0.1) is 0 Å². The van der Waals surface area contributed by atoms with Crippen LogP contribution in [0.15, 0.2) is 109 Å². The van der Waals surface area contributed by atoms with Gasteiger partial charge in [-0.3, -0.25) is 9.59 Å². The first-order valence-electron chi connectivity index (χ1n) is 18.0. The molecular weight excluding hydrogens is 675 g/mol. The maximum absolute atomic E-state index is 14.0. The summed E-state index contributed by atoms with van der Waals surface area (Å²) in [6.45, 7) is 11.2. The molecule has 0 radical (unpaired) electrons. The molecular formula is C42H43FN4O6. The molecule has 2 aliphatic rings. The molecule has 0 aliphatic carbocycles. The molecule has 2 fully saturated rings. The molecule has 4 heterocycles. The number of anilines is 2. The van der Waals surface area contributed by atoms with Gasteiger partial charge < -0.3 is 38.7 Å². The van der Waals surface area contributed by atoms with Gasteiger partial charge in [-0.25, -0.2) is 4.39 Å². The molecule has 2 aliphatic heterocycles. The van der Waals surface area contributed by atoms with Crippen molar-refractivity contribution in [1.82, 2.24) is 10.6 Å². The van der Waals surface area contributed by atoms with Gasteiger partial charge in [0.25, 0.3) is 0 Å². The van der Waals surface area contributed by atoms with E-state index in [-0.39, 0.29) is 16.6 Å². The molecule has 8 rings (SSSR count). The highest BCUT2D eigenvalue weighted by Crippen LogP contribution is 2.29. The zero-order valence-electron chi connectivity index (χ0n) is 30.1. The summed E-state index contributed by atoms with van der Waals surface area (Å²) in [4.78, 5) is 29.9.